The fraction of sp³-hybridized carbons (Fsp3) is 0.714. The van der Waals surface area contributed by atoms with E-state index >= 15 is 0 Å². The average molecular weight is 381 g/mol. The van der Waals surface area contributed by atoms with Gasteiger partial charge in [0.15, 0.2) is 0 Å². The van der Waals surface area contributed by atoms with Gasteiger partial charge in [-0.25, -0.2) is 14.4 Å². The van der Waals surface area contributed by atoms with Crippen molar-refractivity contribution in [3.05, 3.63) is 0 Å². The molecule has 0 heterocycles. The second kappa shape index (κ2) is 8.32. The second-order valence-electron chi connectivity index (χ2n) is 6.70. The number of hydrogen-bond donors (Lipinski definition) is 4. The van der Waals surface area contributed by atoms with E-state index in [9.17, 15) is 29.4 Å². The van der Waals surface area contributed by atoms with Crippen molar-refractivity contribution >= 4 is 38.7 Å². The zero-order valence-electron chi connectivity index (χ0n) is 14.9. The first-order valence-electron chi connectivity index (χ1n) is 7.53. The Labute approximate surface area is 144 Å². The van der Waals surface area contributed by atoms with Crippen LogP contribution in [0.1, 0.15) is 54.4 Å². The van der Waals surface area contributed by atoms with E-state index in [4.69, 9.17) is 0 Å². The van der Waals surface area contributed by atoms with Crippen molar-refractivity contribution in [3.8, 4) is 0 Å². The maximum atomic E-state index is 12.7. The molecular formula is C14H27N2O6P2+. The Balaban J connectivity index is 5.66. The third-order valence-electron chi connectivity index (χ3n) is 4.10. The van der Waals surface area contributed by atoms with Gasteiger partial charge in [0.1, 0.15) is 0 Å². The van der Waals surface area contributed by atoms with Crippen LogP contribution in [0.4, 0.5) is 14.4 Å². The summed E-state index contributed by atoms with van der Waals surface area (Å²) in [7, 11) is -5.03. The van der Waals surface area contributed by atoms with Gasteiger partial charge in [-0.3, -0.25) is 15.0 Å². The van der Waals surface area contributed by atoms with Crippen LogP contribution in [-0.2, 0) is 4.79 Å². The third-order valence-corrected chi connectivity index (χ3v) is 8.55. The number of hydrogen-bond acceptors (Lipinski definition) is 5. The van der Waals surface area contributed by atoms with Gasteiger partial charge in [0.25, 0.3) is 0 Å². The van der Waals surface area contributed by atoms with Gasteiger partial charge in [-0.1, -0.05) is 13.8 Å². The van der Waals surface area contributed by atoms with Gasteiger partial charge in [-0.05, 0) is 40.5 Å². The van der Waals surface area contributed by atoms with E-state index in [2.05, 4.69) is 10.2 Å². The number of carbonyl (C=O) groups is 4. The Hall–Kier alpha value is -1.10. The quantitative estimate of drug-likeness (QED) is 0.414. The maximum Gasteiger partial charge on any atom is 0.480 e. The summed E-state index contributed by atoms with van der Waals surface area (Å²) < 4.78 is 0. The number of nitrogens with one attached hydrogen (secondary N) is 2. The lowest BCUT2D eigenvalue weighted by Gasteiger charge is -2.26. The molecule has 0 fully saturated rings. The van der Waals surface area contributed by atoms with Crippen LogP contribution in [0.25, 0.3) is 0 Å². The molecule has 0 aromatic rings. The number of carboxylic acid groups (broad SMARTS) is 2. The minimum Gasteiger partial charge on any atom is -0.450 e. The molecule has 4 N–H and O–H groups in total. The average Bonchev–Trinajstić information content (AvgIpc) is 2.46. The number of amides is 1. The van der Waals surface area contributed by atoms with Crippen LogP contribution in [-0.4, -0.2) is 38.3 Å². The van der Waals surface area contributed by atoms with E-state index in [1.165, 1.54) is 13.8 Å². The molecule has 0 saturated carbocycles. The fourth-order valence-corrected chi connectivity index (χ4v) is 5.19. The number of rotatable bonds is 10. The molecule has 0 rings (SSSR count). The summed E-state index contributed by atoms with van der Waals surface area (Å²) in [5, 5.41) is 24.2. The maximum absolute atomic E-state index is 12.7. The van der Waals surface area contributed by atoms with Crippen LogP contribution < -0.4 is 10.2 Å². The molecule has 0 saturated heterocycles. The minimum atomic E-state index is -4.64. The van der Waals surface area contributed by atoms with Gasteiger partial charge >= 0.3 is 29.9 Å². The number of carbonyl (C=O) groups excluding carboxylic acids is 2. The van der Waals surface area contributed by atoms with E-state index in [1.807, 2.05) is 20.8 Å². The van der Waals surface area contributed by atoms with Crippen LogP contribution in [0.2, 0.25) is 0 Å². The molecule has 0 radical (unpaired) electrons. The van der Waals surface area contributed by atoms with Crippen molar-refractivity contribution in [1.29, 1.82) is 0 Å². The van der Waals surface area contributed by atoms with Gasteiger partial charge in [-0.2, -0.15) is 0 Å². The second-order valence-corrected chi connectivity index (χ2v) is 10.4. The highest BCUT2D eigenvalue weighted by atomic mass is 31.2. The van der Waals surface area contributed by atoms with Crippen LogP contribution in [0.15, 0.2) is 0 Å². The summed E-state index contributed by atoms with van der Waals surface area (Å²) in [5.74, 6) is 0. The molecule has 1 atom stereocenters. The summed E-state index contributed by atoms with van der Waals surface area (Å²) in [6.07, 6.45) is 0.973. The monoisotopic (exact) mass is 381 g/mol. The Morgan fingerprint density at radius 3 is 1.75 bits per heavy atom. The zero-order chi connectivity index (χ0) is 19.3. The fourth-order valence-electron chi connectivity index (χ4n) is 1.55. The summed E-state index contributed by atoms with van der Waals surface area (Å²) in [6.45, 7) is 10.2. The van der Waals surface area contributed by atoms with Gasteiger partial charge in [-0.15, -0.1) is 0 Å². The first-order chi connectivity index (χ1) is 10.8. The van der Waals surface area contributed by atoms with Gasteiger partial charge in [0.05, 0.1) is 14.3 Å². The van der Waals surface area contributed by atoms with Gasteiger partial charge in [0, 0.05) is 5.54 Å². The molecule has 0 aromatic heterocycles. The molecule has 1 amide bonds. The molecule has 0 aliphatic heterocycles. The molecule has 8 nitrogen and oxygen atoms in total. The highest BCUT2D eigenvalue weighted by Crippen LogP contribution is 2.65. The van der Waals surface area contributed by atoms with E-state index in [0.717, 1.165) is 6.42 Å². The first kappa shape index (κ1) is 22.9. The smallest absolute Gasteiger partial charge is 0.450 e. The molecule has 0 aromatic carbocycles. The summed E-state index contributed by atoms with van der Waals surface area (Å²) >= 11 is 0. The lowest BCUT2D eigenvalue weighted by molar-refractivity contribution is -0.118. The third kappa shape index (κ3) is 4.71. The van der Waals surface area contributed by atoms with Crippen LogP contribution >= 0.6 is 16.1 Å². The summed E-state index contributed by atoms with van der Waals surface area (Å²) in [4.78, 5) is 48.5. The predicted molar refractivity (Wildman–Crippen MR) is 96.4 cm³/mol. The lowest BCUT2D eigenvalue weighted by Crippen LogP contribution is -2.40. The Kier molecular flexibility index (Phi) is 7.94. The molecule has 138 valence electrons. The molecule has 0 aliphatic rings. The molecule has 10 heteroatoms. The SMILES string of the molecule is CCC(C)(C)NPNC(=O)[P+](C(=O)O)(C(=O)O)C(=O)C(C)(C)CC. The van der Waals surface area contributed by atoms with Crippen LogP contribution in [0.5, 0.6) is 0 Å². The summed E-state index contributed by atoms with van der Waals surface area (Å²) in [6, 6.07) is 0. The van der Waals surface area contributed by atoms with Crippen molar-refractivity contribution in [2.45, 2.75) is 59.9 Å². The van der Waals surface area contributed by atoms with Gasteiger partial charge < -0.3 is 10.2 Å². The van der Waals surface area contributed by atoms with E-state index < -0.39 is 44.2 Å². The predicted octanol–water partition coefficient (Wildman–Crippen LogP) is 4.32. The summed E-state index contributed by atoms with van der Waals surface area (Å²) in [5.41, 5.74) is -7.55. The Morgan fingerprint density at radius 1 is 0.958 bits per heavy atom. The molecular weight excluding hydrogens is 354 g/mol. The molecule has 0 aliphatic carbocycles. The molecule has 1 unspecified atom stereocenters. The largest absolute Gasteiger partial charge is 0.480 e. The van der Waals surface area contributed by atoms with Crippen molar-refractivity contribution < 1.29 is 29.4 Å². The standard InChI is InChI=1S/C14H26N2O6P2/c1-7-13(3,4)9(17)24(11(19)20,12(21)22)10(18)15-23-16-14(5,6)8-2/h16,23H,7-8H2,1-6H3,(H2-,15,18,19,20,21,22)/p+1. The Morgan fingerprint density at radius 2 is 1.42 bits per heavy atom. The lowest BCUT2D eigenvalue weighted by atomic mass is 9.92. The van der Waals surface area contributed by atoms with E-state index in [1.54, 1.807) is 6.92 Å². The molecule has 24 heavy (non-hydrogen) atoms. The normalized spacial score (nSPS) is 13.1. The topological polar surface area (TPSA) is 133 Å². The van der Waals surface area contributed by atoms with Crippen LogP contribution in [0, 0.1) is 5.41 Å². The van der Waals surface area contributed by atoms with Crippen molar-refractivity contribution in [3.63, 3.8) is 0 Å². The molecule has 0 bridgehead atoms. The van der Waals surface area contributed by atoms with Crippen molar-refractivity contribution in [1.82, 2.24) is 10.2 Å². The van der Waals surface area contributed by atoms with Gasteiger partial charge in [0.2, 0.25) is 0 Å². The van der Waals surface area contributed by atoms with Crippen LogP contribution in [0.3, 0.4) is 0 Å². The zero-order valence-corrected chi connectivity index (χ0v) is 16.8. The van der Waals surface area contributed by atoms with E-state index in [-0.39, 0.29) is 12.0 Å². The highest BCUT2D eigenvalue weighted by molar-refractivity contribution is 8.25. The molecule has 0 spiro atoms. The van der Waals surface area contributed by atoms with Crippen molar-refractivity contribution in [2.75, 3.05) is 0 Å². The Bertz CT molecular complexity index is 519. The first-order valence-corrected chi connectivity index (χ1v) is 10.3. The van der Waals surface area contributed by atoms with E-state index in [0.29, 0.717) is 0 Å². The van der Waals surface area contributed by atoms with Crippen molar-refractivity contribution in [2.24, 2.45) is 5.41 Å². The minimum absolute atomic E-state index is 0.227. The highest BCUT2D eigenvalue weighted by Gasteiger charge is 2.74.